The number of carbonyl (C=O) groups excluding carboxylic acids is 1. The van der Waals surface area contributed by atoms with Gasteiger partial charge in [0.25, 0.3) is 5.91 Å². The molecule has 16 heavy (non-hydrogen) atoms. The third-order valence-electron chi connectivity index (χ3n) is 2.53. The molecule has 1 fully saturated rings. The molecule has 2 rings (SSSR count). The topological polar surface area (TPSA) is 42.4 Å². The Bertz CT molecular complexity index is 370. The van der Waals surface area contributed by atoms with Crippen molar-refractivity contribution in [3.05, 3.63) is 16.1 Å². The average Bonchev–Trinajstić information content (AvgIpc) is 2.78. The number of thiazole rings is 1. The first kappa shape index (κ1) is 11.5. The zero-order valence-electron chi connectivity index (χ0n) is 9.60. The Morgan fingerprint density at radius 2 is 2.19 bits per heavy atom. The van der Waals surface area contributed by atoms with Crippen LogP contribution in [0, 0.1) is 0 Å². The number of hydrogen-bond acceptors (Lipinski definition) is 4. The van der Waals surface area contributed by atoms with E-state index in [1.165, 1.54) is 0 Å². The zero-order chi connectivity index (χ0) is 11.5. The second kappa shape index (κ2) is 4.93. The largest absolute Gasteiger partial charge is 0.378 e. The number of nitrogens with zero attached hydrogens (tertiary/aromatic N) is 2. The summed E-state index contributed by atoms with van der Waals surface area (Å²) in [6.07, 6.45) is 0. The second-order valence-electron chi connectivity index (χ2n) is 4.13. The van der Waals surface area contributed by atoms with E-state index in [9.17, 15) is 4.79 Å². The van der Waals surface area contributed by atoms with Gasteiger partial charge in [-0.05, 0) is 0 Å². The molecule has 0 saturated carbocycles. The van der Waals surface area contributed by atoms with Gasteiger partial charge in [0.1, 0.15) is 5.69 Å². The molecule has 0 spiro atoms. The third-order valence-corrected chi connectivity index (χ3v) is 3.68. The van der Waals surface area contributed by atoms with Gasteiger partial charge in [0, 0.05) is 24.4 Å². The van der Waals surface area contributed by atoms with Crippen LogP contribution < -0.4 is 0 Å². The Kier molecular flexibility index (Phi) is 3.56. The number of carbonyl (C=O) groups is 1. The van der Waals surface area contributed by atoms with Crippen molar-refractivity contribution in [2.45, 2.75) is 19.8 Å². The molecule has 0 aromatic carbocycles. The first-order valence-corrected chi connectivity index (χ1v) is 6.39. The predicted octanol–water partition coefficient (Wildman–Crippen LogP) is 1.74. The van der Waals surface area contributed by atoms with Gasteiger partial charge in [-0.1, -0.05) is 13.8 Å². The monoisotopic (exact) mass is 240 g/mol. The number of hydrogen-bond donors (Lipinski definition) is 0. The van der Waals surface area contributed by atoms with Crippen molar-refractivity contribution in [1.29, 1.82) is 0 Å². The van der Waals surface area contributed by atoms with Crippen molar-refractivity contribution < 1.29 is 9.53 Å². The van der Waals surface area contributed by atoms with Crippen LogP contribution in [0.1, 0.15) is 35.3 Å². The lowest BCUT2D eigenvalue weighted by Gasteiger charge is -2.25. The molecule has 1 aromatic rings. The molecule has 88 valence electrons. The molecule has 0 atom stereocenters. The minimum absolute atomic E-state index is 0.0338. The normalized spacial score (nSPS) is 16.8. The maximum atomic E-state index is 12.1. The summed E-state index contributed by atoms with van der Waals surface area (Å²) in [6, 6.07) is 0. The van der Waals surface area contributed by atoms with Gasteiger partial charge >= 0.3 is 0 Å². The van der Waals surface area contributed by atoms with Crippen LogP contribution in [-0.4, -0.2) is 42.1 Å². The number of ether oxygens (including phenoxy) is 1. The van der Waals surface area contributed by atoms with E-state index in [0.29, 0.717) is 37.9 Å². The highest BCUT2D eigenvalue weighted by atomic mass is 32.1. The van der Waals surface area contributed by atoms with Gasteiger partial charge in [-0.15, -0.1) is 11.3 Å². The van der Waals surface area contributed by atoms with Crippen LogP contribution in [0.5, 0.6) is 0 Å². The smallest absolute Gasteiger partial charge is 0.273 e. The fraction of sp³-hybridized carbons (Fsp3) is 0.636. The van der Waals surface area contributed by atoms with Crippen LogP contribution in [0.25, 0.3) is 0 Å². The summed E-state index contributed by atoms with van der Waals surface area (Å²) >= 11 is 1.56. The fourth-order valence-corrected chi connectivity index (χ4v) is 2.39. The quantitative estimate of drug-likeness (QED) is 0.790. The molecule has 0 aliphatic carbocycles. The number of morpholine rings is 1. The van der Waals surface area contributed by atoms with Gasteiger partial charge in [-0.25, -0.2) is 4.98 Å². The van der Waals surface area contributed by atoms with Gasteiger partial charge in [0.2, 0.25) is 0 Å². The van der Waals surface area contributed by atoms with E-state index >= 15 is 0 Å². The van der Waals surface area contributed by atoms with Gasteiger partial charge in [0.05, 0.1) is 18.2 Å². The summed E-state index contributed by atoms with van der Waals surface area (Å²) in [5.74, 6) is 0.419. The van der Waals surface area contributed by atoms with Crippen molar-refractivity contribution in [2.24, 2.45) is 0 Å². The fourth-order valence-electron chi connectivity index (χ4n) is 1.58. The molecule has 0 radical (unpaired) electrons. The van der Waals surface area contributed by atoms with Crippen LogP contribution >= 0.6 is 11.3 Å². The van der Waals surface area contributed by atoms with Crippen LogP contribution in [0.4, 0.5) is 0 Å². The van der Waals surface area contributed by atoms with Crippen molar-refractivity contribution >= 4 is 17.2 Å². The molecule has 0 bridgehead atoms. The number of rotatable bonds is 2. The summed E-state index contributed by atoms with van der Waals surface area (Å²) in [7, 11) is 0. The van der Waals surface area contributed by atoms with Crippen LogP contribution in [-0.2, 0) is 4.74 Å². The molecular formula is C11H16N2O2S. The average molecular weight is 240 g/mol. The molecule has 1 amide bonds. The van der Waals surface area contributed by atoms with Crippen molar-refractivity contribution in [2.75, 3.05) is 26.3 Å². The van der Waals surface area contributed by atoms with E-state index in [1.54, 1.807) is 11.3 Å². The number of amides is 1. The molecule has 5 heteroatoms. The summed E-state index contributed by atoms with van der Waals surface area (Å²) < 4.78 is 5.22. The summed E-state index contributed by atoms with van der Waals surface area (Å²) in [6.45, 7) is 6.78. The molecule has 0 N–H and O–H groups in total. The minimum Gasteiger partial charge on any atom is -0.378 e. The van der Waals surface area contributed by atoms with Crippen LogP contribution in [0.3, 0.4) is 0 Å². The molecule has 0 unspecified atom stereocenters. The third kappa shape index (κ3) is 2.41. The Morgan fingerprint density at radius 3 is 2.75 bits per heavy atom. The Morgan fingerprint density at radius 1 is 1.50 bits per heavy atom. The lowest BCUT2D eigenvalue weighted by Crippen LogP contribution is -2.40. The van der Waals surface area contributed by atoms with Crippen molar-refractivity contribution in [3.8, 4) is 0 Å². The maximum Gasteiger partial charge on any atom is 0.273 e. The van der Waals surface area contributed by atoms with E-state index in [1.807, 2.05) is 10.3 Å². The summed E-state index contributed by atoms with van der Waals surface area (Å²) in [4.78, 5) is 18.2. The lowest BCUT2D eigenvalue weighted by atomic mass is 10.2. The first-order chi connectivity index (χ1) is 7.68. The molecule has 1 aliphatic rings. The molecular weight excluding hydrogens is 224 g/mol. The van der Waals surface area contributed by atoms with E-state index in [2.05, 4.69) is 18.8 Å². The Hall–Kier alpha value is -0.940. The van der Waals surface area contributed by atoms with E-state index in [-0.39, 0.29) is 5.91 Å². The second-order valence-corrected chi connectivity index (χ2v) is 5.02. The van der Waals surface area contributed by atoms with Gasteiger partial charge in [-0.2, -0.15) is 0 Å². The van der Waals surface area contributed by atoms with Crippen LogP contribution in [0.2, 0.25) is 0 Å². The van der Waals surface area contributed by atoms with E-state index in [0.717, 1.165) is 5.01 Å². The van der Waals surface area contributed by atoms with Gasteiger partial charge < -0.3 is 9.64 Å². The van der Waals surface area contributed by atoms with E-state index < -0.39 is 0 Å². The standard InChI is InChI=1S/C11H16N2O2S/c1-8(2)10-12-9(7-16-10)11(14)13-3-5-15-6-4-13/h7-8H,3-6H2,1-2H3. The Labute approximate surface area is 99.2 Å². The number of aromatic nitrogens is 1. The van der Waals surface area contributed by atoms with Gasteiger partial charge in [0.15, 0.2) is 0 Å². The highest BCUT2D eigenvalue weighted by molar-refractivity contribution is 7.09. The molecule has 4 nitrogen and oxygen atoms in total. The SMILES string of the molecule is CC(C)c1nc(C(=O)N2CCOCC2)cs1. The Balaban J connectivity index is 2.07. The predicted molar refractivity (Wildman–Crippen MR) is 62.9 cm³/mol. The van der Waals surface area contributed by atoms with Crippen LogP contribution in [0.15, 0.2) is 5.38 Å². The summed E-state index contributed by atoms with van der Waals surface area (Å²) in [5, 5.41) is 2.88. The highest BCUT2D eigenvalue weighted by Gasteiger charge is 2.21. The molecule has 1 aliphatic heterocycles. The minimum atomic E-state index is 0.0338. The maximum absolute atomic E-state index is 12.1. The van der Waals surface area contributed by atoms with Crippen molar-refractivity contribution in [3.63, 3.8) is 0 Å². The van der Waals surface area contributed by atoms with Gasteiger partial charge in [-0.3, -0.25) is 4.79 Å². The molecule has 1 saturated heterocycles. The summed E-state index contributed by atoms with van der Waals surface area (Å²) in [5.41, 5.74) is 0.579. The zero-order valence-corrected chi connectivity index (χ0v) is 10.4. The lowest BCUT2D eigenvalue weighted by molar-refractivity contribution is 0.0299. The molecule has 1 aromatic heterocycles. The molecule has 2 heterocycles. The van der Waals surface area contributed by atoms with E-state index in [4.69, 9.17) is 4.74 Å². The first-order valence-electron chi connectivity index (χ1n) is 5.51. The highest BCUT2D eigenvalue weighted by Crippen LogP contribution is 2.20. The van der Waals surface area contributed by atoms with Crippen molar-refractivity contribution in [1.82, 2.24) is 9.88 Å².